The molecule has 0 amide bonds. The summed E-state index contributed by atoms with van der Waals surface area (Å²) < 4.78 is 2.18. The number of imidazole rings is 1. The first-order valence-electron chi connectivity index (χ1n) is 16.3. The highest BCUT2D eigenvalue weighted by Crippen LogP contribution is 2.40. The minimum atomic E-state index is 0.931. The van der Waals surface area contributed by atoms with Crippen molar-refractivity contribution >= 4 is 44.3 Å². The van der Waals surface area contributed by atoms with E-state index >= 15 is 0 Å². The predicted octanol–water partition coefficient (Wildman–Crippen LogP) is 12.1. The van der Waals surface area contributed by atoms with E-state index in [2.05, 4.69) is 185 Å². The second kappa shape index (κ2) is 11.7. The Morgan fingerprint density at radius 2 is 0.979 bits per heavy atom. The lowest BCUT2D eigenvalue weighted by Gasteiger charge is -2.26. The maximum atomic E-state index is 5.03. The van der Waals surface area contributed by atoms with Crippen molar-refractivity contribution in [2.45, 2.75) is 0 Å². The molecule has 2 heterocycles. The van der Waals surface area contributed by atoms with Gasteiger partial charge in [0, 0.05) is 34.4 Å². The molecule has 7 aromatic carbocycles. The summed E-state index contributed by atoms with van der Waals surface area (Å²) in [6.07, 6.45) is 2.09. The fraction of sp³-hybridized carbons (Fsp3) is 0. The van der Waals surface area contributed by atoms with E-state index in [1.807, 2.05) is 12.1 Å². The molecule has 0 fully saturated rings. The molecule has 0 aliphatic rings. The average Bonchev–Trinajstić information content (AvgIpc) is 3.56. The zero-order chi connectivity index (χ0) is 31.9. The van der Waals surface area contributed by atoms with Crippen LogP contribution in [0.15, 0.2) is 188 Å². The molecule has 0 spiro atoms. The Bertz CT molecular complexity index is 2530. The second-order valence-electron chi connectivity index (χ2n) is 12.1. The number of hydrogen-bond acceptors (Lipinski definition) is 2. The van der Waals surface area contributed by atoms with Gasteiger partial charge in [0.05, 0.1) is 11.4 Å². The van der Waals surface area contributed by atoms with Crippen LogP contribution in [-0.2, 0) is 0 Å². The molecule has 0 atom stereocenters. The first-order chi connectivity index (χ1) is 23.8. The van der Waals surface area contributed by atoms with Gasteiger partial charge in [-0.05, 0) is 87.3 Å². The molecule has 0 aliphatic carbocycles. The highest BCUT2D eigenvalue weighted by molar-refractivity contribution is 6.13. The molecule has 0 saturated heterocycles. The molecule has 2 aromatic heterocycles. The van der Waals surface area contributed by atoms with E-state index in [0.717, 1.165) is 45.2 Å². The van der Waals surface area contributed by atoms with E-state index in [1.165, 1.54) is 32.7 Å². The Hall–Kier alpha value is -6.45. The molecule has 0 radical (unpaired) electrons. The highest BCUT2D eigenvalue weighted by Gasteiger charge is 2.18. The quantitative estimate of drug-likeness (QED) is 0.174. The molecule has 3 nitrogen and oxygen atoms in total. The van der Waals surface area contributed by atoms with Gasteiger partial charge in [-0.15, -0.1) is 0 Å². The molecule has 0 unspecified atom stereocenters. The van der Waals surface area contributed by atoms with Gasteiger partial charge in [0.2, 0.25) is 0 Å². The predicted molar refractivity (Wildman–Crippen MR) is 201 cm³/mol. The van der Waals surface area contributed by atoms with Crippen LogP contribution >= 0.6 is 0 Å². The molecule has 226 valence electrons. The Balaban J connectivity index is 1.13. The van der Waals surface area contributed by atoms with Crippen molar-refractivity contribution in [2.24, 2.45) is 0 Å². The number of aromatic nitrogens is 2. The zero-order valence-corrected chi connectivity index (χ0v) is 26.2. The molecule has 0 bridgehead atoms. The van der Waals surface area contributed by atoms with Gasteiger partial charge in [0.25, 0.3) is 0 Å². The van der Waals surface area contributed by atoms with Gasteiger partial charge in [-0.1, -0.05) is 127 Å². The van der Waals surface area contributed by atoms with Crippen LogP contribution in [0.4, 0.5) is 17.1 Å². The summed E-state index contributed by atoms with van der Waals surface area (Å²) >= 11 is 0. The fourth-order valence-corrected chi connectivity index (χ4v) is 6.94. The number of anilines is 3. The Kier molecular flexibility index (Phi) is 6.80. The van der Waals surface area contributed by atoms with E-state index in [9.17, 15) is 0 Å². The van der Waals surface area contributed by atoms with Crippen LogP contribution in [0.5, 0.6) is 0 Å². The standard InChI is InChI=1S/C45H31N3/c1-3-13-33(14-4-1)44-45(47-30-12-11-21-43(47)46-44)34-24-28-38(29-25-34)48(36-16-5-2-6-17-36)37-26-22-32(23-27-37)42-31-35-15-7-8-18-39(35)40-19-9-10-20-41(40)42/h1-31H. The maximum Gasteiger partial charge on any atom is 0.137 e. The molecule has 9 aromatic rings. The van der Waals surface area contributed by atoms with E-state index in [0.29, 0.717) is 0 Å². The topological polar surface area (TPSA) is 20.5 Å². The minimum absolute atomic E-state index is 0.931. The molecule has 48 heavy (non-hydrogen) atoms. The molecule has 0 aliphatic heterocycles. The molecule has 0 N–H and O–H groups in total. The normalized spacial score (nSPS) is 11.3. The lowest BCUT2D eigenvalue weighted by molar-refractivity contribution is 1.19. The van der Waals surface area contributed by atoms with Crippen LogP contribution < -0.4 is 4.90 Å². The molecular formula is C45H31N3. The number of nitrogens with zero attached hydrogens (tertiary/aromatic N) is 3. The molecule has 3 heteroatoms. The van der Waals surface area contributed by atoms with Gasteiger partial charge < -0.3 is 4.90 Å². The minimum Gasteiger partial charge on any atom is -0.311 e. The Morgan fingerprint density at radius 3 is 1.71 bits per heavy atom. The fourth-order valence-electron chi connectivity index (χ4n) is 6.94. The summed E-state index contributed by atoms with van der Waals surface area (Å²) in [6.45, 7) is 0. The first kappa shape index (κ1) is 27.8. The second-order valence-corrected chi connectivity index (χ2v) is 12.1. The third kappa shape index (κ3) is 4.81. The lowest BCUT2D eigenvalue weighted by atomic mass is 9.93. The van der Waals surface area contributed by atoms with Crippen molar-refractivity contribution in [1.82, 2.24) is 9.38 Å². The van der Waals surface area contributed by atoms with Crippen LogP contribution in [0.1, 0.15) is 0 Å². The number of pyridine rings is 1. The zero-order valence-electron chi connectivity index (χ0n) is 26.2. The van der Waals surface area contributed by atoms with Crippen molar-refractivity contribution in [3.8, 4) is 33.6 Å². The van der Waals surface area contributed by atoms with E-state index in [1.54, 1.807) is 0 Å². The van der Waals surface area contributed by atoms with Gasteiger partial charge in [0.15, 0.2) is 0 Å². The SMILES string of the molecule is c1ccc(-c2nc3ccccn3c2-c2ccc(N(c3ccccc3)c3ccc(-c4cc5ccccc5c5ccccc45)cc3)cc2)cc1. The van der Waals surface area contributed by atoms with Crippen molar-refractivity contribution in [3.05, 3.63) is 188 Å². The van der Waals surface area contributed by atoms with E-state index in [-0.39, 0.29) is 0 Å². The van der Waals surface area contributed by atoms with Gasteiger partial charge in [-0.3, -0.25) is 4.40 Å². The summed E-state index contributed by atoms with van der Waals surface area (Å²) in [7, 11) is 0. The van der Waals surface area contributed by atoms with Crippen LogP contribution in [-0.4, -0.2) is 9.38 Å². The van der Waals surface area contributed by atoms with Crippen LogP contribution in [0, 0.1) is 0 Å². The summed E-state index contributed by atoms with van der Waals surface area (Å²) in [5, 5.41) is 5.08. The maximum absolute atomic E-state index is 5.03. The first-order valence-corrected chi connectivity index (χ1v) is 16.3. The van der Waals surface area contributed by atoms with E-state index in [4.69, 9.17) is 4.98 Å². The molecule has 0 saturated carbocycles. The average molecular weight is 614 g/mol. The van der Waals surface area contributed by atoms with Gasteiger partial charge >= 0.3 is 0 Å². The monoisotopic (exact) mass is 613 g/mol. The summed E-state index contributed by atoms with van der Waals surface area (Å²) in [5.74, 6) is 0. The van der Waals surface area contributed by atoms with Crippen LogP contribution in [0.3, 0.4) is 0 Å². The number of rotatable bonds is 6. The van der Waals surface area contributed by atoms with Crippen LogP contribution in [0.2, 0.25) is 0 Å². The number of fused-ring (bicyclic) bond motifs is 4. The molecule has 9 rings (SSSR count). The van der Waals surface area contributed by atoms with Crippen molar-refractivity contribution < 1.29 is 0 Å². The summed E-state index contributed by atoms with van der Waals surface area (Å²) in [6, 6.07) is 64.7. The van der Waals surface area contributed by atoms with Gasteiger partial charge in [-0.25, -0.2) is 4.98 Å². The number of hydrogen-bond donors (Lipinski definition) is 0. The van der Waals surface area contributed by atoms with Crippen LogP contribution in [0.25, 0.3) is 60.8 Å². The number of benzene rings is 7. The van der Waals surface area contributed by atoms with Crippen molar-refractivity contribution in [3.63, 3.8) is 0 Å². The summed E-state index contributed by atoms with van der Waals surface area (Å²) in [5.41, 5.74) is 10.9. The Morgan fingerprint density at radius 1 is 0.417 bits per heavy atom. The Labute approximate surface area is 279 Å². The van der Waals surface area contributed by atoms with Gasteiger partial charge in [-0.2, -0.15) is 0 Å². The summed E-state index contributed by atoms with van der Waals surface area (Å²) in [4.78, 5) is 7.35. The lowest BCUT2D eigenvalue weighted by Crippen LogP contribution is -2.09. The van der Waals surface area contributed by atoms with Gasteiger partial charge in [0.1, 0.15) is 5.65 Å². The largest absolute Gasteiger partial charge is 0.311 e. The van der Waals surface area contributed by atoms with E-state index < -0.39 is 0 Å². The molecular weight excluding hydrogens is 583 g/mol. The smallest absolute Gasteiger partial charge is 0.137 e. The third-order valence-electron chi connectivity index (χ3n) is 9.20. The third-order valence-corrected chi connectivity index (χ3v) is 9.20. The van der Waals surface area contributed by atoms with Crippen molar-refractivity contribution in [1.29, 1.82) is 0 Å². The van der Waals surface area contributed by atoms with Crippen molar-refractivity contribution in [2.75, 3.05) is 4.90 Å². The highest BCUT2D eigenvalue weighted by atomic mass is 15.1. The number of para-hydroxylation sites is 1.